The van der Waals surface area contributed by atoms with Crippen LogP contribution in [0.25, 0.3) is 0 Å². The first-order chi connectivity index (χ1) is 11.1. The number of imide groups is 1. The van der Waals surface area contributed by atoms with Crippen LogP contribution < -0.4 is 5.32 Å². The van der Waals surface area contributed by atoms with E-state index in [0.29, 0.717) is 6.54 Å². The fraction of sp³-hybridized carbons (Fsp3) is 0.600. The van der Waals surface area contributed by atoms with Crippen molar-refractivity contribution in [3.05, 3.63) is 20.8 Å². The number of carbonyl (C=O) groups is 2. The smallest absolute Gasteiger partial charge is 0.324 e. The lowest BCUT2D eigenvalue weighted by molar-refractivity contribution is -0.125. The van der Waals surface area contributed by atoms with Crippen LogP contribution >= 0.6 is 27.3 Å². The van der Waals surface area contributed by atoms with Gasteiger partial charge in [0, 0.05) is 44.1 Å². The van der Waals surface area contributed by atoms with Gasteiger partial charge in [0.05, 0.1) is 10.3 Å². The summed E-state index contributed by atoms with van der Waals surface area (Å²) in [6.07, 6.45) is 0.844. The zero-order chi connectivity index (χ0) is 16.2. The monoisotopic (exact) mass is 400 g/mol. The second-order valence-corrected chi connectivity index (χ2v) is 8.43. The van der Waals surface area contributed by atoms with Crippen molar-refractivity contribution >= 4 is 39.2 Å². The molecule has 0 spiro atoms. The number of nitrogens with one attached hydrogen (secondary N) is 1. The predicted molar refractivity (Wildman–Crippen MR) is 93.5 cm³/mol. The minimum Gasteiger partial charge on any atom is -0.329 e. The Morgan fingerprint density at radius 3 is 2.43 bits per heavy atom. The van der Waals surface area contributed by atoms with Gasteiger partial charge in [0.2, 0.25) is 5.91 Å². The Kier molecular flexibility index (Phi) is 5.68. The molecule has 126 valence electrons. The number of urea groups is 1. The van der Waals surface area contributed by atoms with Gasteiger partial charge in [0.15, 0.2) is 0 Å². The maximum absolute atomic E-state index is 11.5. The third-order valence-electron chi connectivity index (χ3n) is 4.27. The lowest BCUT2D eigenvalue weighted by Gasteiger charge is -2.34. The molecule has 2 saturated heterocycles. The van der Waals surface area contributed by atoms with Crippen LogP contribution in [0.4, 0.5) is 4.79 Å². The Morgan fingerprint density at radius 2 is 1.83 bits per heavy atom. The highest BCUT2D eigenvalue weighted by Gasteiger charge is 2.28. The van der Waals surface area contributed by atoms with E-state index in [1.807, 2.05) is 0 Å². The van der Waals surface area contributed by atoms with Crippen LogP contribution in [0.5, 0.6) is 0 Å². The standard InChI is InChI=1S/C15H21BrN4O2S/c16-13-3-2-12(23-13)11-19-8-6-18(7-9-19)4-1-5-20-14(21)10-17-15(20)22/h2-3H,1,4-11H2,(H,17,22). The molecule has 1 N–H and O–H groups in total. The van der Waals surface area contributed by atoms with Gasteiger partial charge < -0.3 is 10.2 Å². The maximum atomic E-state index is 11.5. The molecule has 3 rings (SSSR count). The summed E-state index contributed by atoms with van der Waals surface area (Å²) in [6.45, 7) is 6.86. The average Bonchev–Trinajstić information content (AvgIpc) is 3.08. The molecule has 2 aliphatic heterocycles. The van der Waals surface area contributed by atoms with Gasteiger partial charge in [0.25, 0.3) is 0 Å². The first kappa shape index (κ1) is 16.9. The van der Waals surface area contributed by atoms with E-state index in [1.165, 1.54) is 13.6 Å². The molecule has 3 amide bonds. The molecule has 0 atom stereocenters. The summed E-state index contributed by atoms with van der Waals surface area (Å²) in [7, 11) is 0. The molecule has 2 fully saturated rings. The predicted octanol–water partition coefficient (Wildman–Crippen LogP) is 1.57. The third kappa shape index (κ3) is 4.53. The molecule has 0 radical (unpaired) electrons. The van der Waals surface area contributed by atoms with E-state index >= 15 is 0 Å². The summed E-state index contributed by atoms with van der Waals surface area (Å²) >= 11 is 5.30. The van der Waals surface area contributed by atoms with Gasteiger partial charge in [-0.25, -0.2) is 4.79 Å². The molecule has 0 saturated carbocycles. The summed E-state index contributed by atoms with van der Waals surface area (Å²) < 4.78 is 1.19. The van der Waals surface area contributed by atoms with Crippen LogP contribution in [0.15, 0.2) is 15.9 Å². The van der Waals surface area contributed by atoms with E-state index in [9.17, 15) is 9.59 Å². The molecule has 0 unspecified atom stereocenters. The summed E-state index contributed by atoms with van der Waals surface area (Å²) in [5, 5.41) is 2.55. The van der Waals surface area contributed by atoms with E-state index < -0.39 is 0 Å². The molecular weight excluding hydrogens is 380 g/mol. The molecule has 2 aliphatic rings. The van der Waals surface area contributed by atoms with Crippen molar-refractivity contribution in [1.29, 1.82) is 0 Å². The largest absolute Gasteiger partial charge is 0.329 e. The highest BCUT2D eigenvalue weighted by Crippen LogP contribution is 2.23. The number of halogens is 1. The zero-order valence-corrected chi connectivity index (χ0v) is 15.4. The van der Waals surface area contributed by atoms with Crippen molar-refractivity contribution in [3.63, 3.8) is 0 Å². The second-order valence-electron chi connectivity index (χ2n) is 5.88. The molecule has 1 aromatic rings. The third-order valence-corrected chi connectivity index (χ3v) is 5.87. The van der Waals surface area contributed by atoms with Crippen molar-refractivity contribution in [2.45, 2.75) is 13.0 Å². The molecular formula is C15H21BrN4O2S. The van der Waals surface area contributed by atoms with Crippen molar-refractivity contribution in [2.24, 2.45) is 0 Å². The van der Waals surface area contributed by atoms with E-state index in [1.54, 1.807) is 11.3 Å². The van der Waals surface area contributed by atoms with Gasteiger partial charge in [-0.15, -0.1) is 11.3 Å². The number of thiophene rings is 1. The normalized spacial score (nSPS) is 20.3. The molecule has 23 heavy (non-hydrogen) atoms. The van der Waals surface area contributed by atoms with Crippen LogP contribution in [0, 0.1) is 0 Å². The molecule has 3 heterocycles. The average molecular weight is 401 g/mol. The van der Waals surface area contributed by atoms with Crippen molar-refractivity contribution in [3.8, 4) is 0 Å². The highest BCUT2D eigenvalue weighted by molar-refractivity contribution is 9.11. The summed E-state index contributed by atoms with van der Waals surface area (Å²) in [4.78, 5) is 30.6. The number of piperazine rings is 1. The topological polar surface area (TPSA) is 55.9 Å². The number of nitrogens with zero attached hydrogens (tertiary/aromatic N) is 3. The zero-order valence-electron chi connectivity index (χ0n) is 13.0. The Morgan fingerprint density at radius 1 is 1.09 bits per heavy atom. The van der Waals surface area contributed by atoms with Crippen LogP contribution in [0.3, 0.4) is 0 Å². The minimum atomic E-state index is -0.248. The first-order valence-corrected chi connectivity index (χ1v) is 9.50. The molecule has 0 aliphatic carbocycles. The summed E-state index contributed by atoms with van der Waals surface area (Å²) in [6, 6.07) is 4.03. The maximum Gasteiger partial charge on any atom is 0.324 e. The van der Waals surface area contributed by atoms with Gasteiger partial charge >= 0.3 is 6.03 Å². The summed E-state index contributed by atoms with van der Waals surface area (Å²) in [5.41, 5.74) is 0. The Balaban J connectivity index is 1.34. The molecule has 0 bridgehead atoms. The summed E-state index contributed by atoms with van der Waals surface area (Å²) in [5.74, 6) is -0.109. The van der Waals surface area contributed by atoms with Crippen LogP contribution in [-0.4, -0.2) is 72.5 Å². The van der Waals surface area contributed by atoms with Crippen LogP contribution in [-0.2, 0) is 11.3 Å². The van der Waals surface area contributed by atoms with E-state index in [2.05, 4.69) is 43.2 Å². The van der Waals surface area contributed by atoms with Crippen molar-refractivity contribution in [2.75, 3.05) is 45.8 Å². The number of hydrogen-bond donors (Lipinski definition) is 1. The SMILES string of the molecule is O=C1CNC(=O)N1CCCN1CCN(Cc2ccc(Br)s2)CC1. The molecule has 1 aromatic heterocycles. The van der Waals surface area contributed by atoms with Crippen LogP contribution in [0.1, 0.15) is 11.3 Å². The Labute approximate surface area is 148 Å². The minimum absolute atomic E-state index is 0.109. The van der Waals surface area contributed by atoms with Gasteiger partial charge in [-0.1, -0.05) is 0 Å². The van der Waals surface area contributed by atoms with Crippen molar-refractivity contribution < 1.29 is 9.59 Å². The van der Waals surface area contributed by atoms with E-state index in [0.717, 1.165) is 45.7 Å². The van der Waals surface area contributed by atoms with Crippen molar-refractivity contribution in [1.82, 2.24) is 20.0 Å². The fourth-order valence-electron chi connectivity index (χ4n) is 2.96. The first-order valence-electron chi connectivity index (χ1n) is 7.89. The Hall–Kier alpha value is -0.960. The Bertz CT molecular complexity index is 556. The van der Waals surface area contributed by atoms with Gasteiger partial charge in [-0.2, -0.15) is 0 Å². The van der Waals surface area contributed by atoms with Gasteiger partial charge in [0.1, 0.15) is 0 Å². The second kappa shape index (κ2) is 7.74. The van der Waals surface area contributed by atoms with Gasteiger partial charge in [-0.3, -0.25) is 14.6 Å². The number of rotatable bonds is 6. The molecule has 0 aromatic carbocycles. The van der Waals surface area contributed by atoms with Crippen LogP contribution in [0.2, 0.25) is 0 Å². The van der Waals surface area contributed by atoms with E-state index in [-0.39, 0.29) is 18.5 Å². The molecule has 6 nitrogen and oxygen atoms in total. The lowest BCUT2D eigenvalue weighted by Crippen LogP contribution is -2.46. The number of carbonyl (C=O) groups excluding carboxylic acids is 2. The number of hydrogen-bond acceptors (Lipinski definition) is 5. The lowest BCUT2D eigenvalue weighted by atomic mass is 10.2. The number of amides is 3. The fourth-order valence-corrected chi connectivity index (χ4v) is 4.49. The van der Waals surface area contributed by atoms with Gasteiger partial charge in [-0.05, 0) is 41.0 Å². The van der Waals surface area contributed by atoms with E-state index in [4.69, 9.17) is 0 Å². The quantitative estimate of drug-likeness (QED) is 0.736. The molecule has 8 heteroatoms. The highest BCUT2D eigenvalue weighted by atomic mass is 79.9.